The van der Waals surface area contributed by atoms with Gasteiger partial charge in [0, 0.05) is 13.0 Å². The van der Waals surface area contributed by atoms with Gasteiger partial charge in [0.05, 0.1) is 12.2 Å². The number of carboxylic acids is 1. The molecule has 0 fully saturated rings. The minimum absolute atomic E-state index is 0.135. The zero-order valence-corrected chi connectivity index (χ0v) is 14.9. The van der Waals surface area contributed by atoms with Gasteiger partial charge >= 0.3 is 5.97 Å². The van der Waals surface area contributed by atoms with Crippen molar-refractivity contribution in [2.45, 2.75) is 64.6 Å². The molecule has 4 nitrogen and oxygen atoms in total. The number of aliphatic hydroxyl groups is 1. The van der Waals surface area contributed by atoms with Crippen molar-refractivity contribution in [3.8, 4) is 0 Å². The Hall–Kier alpha value is -1.39. The summed E-state index contributed by atoms with van der Waals surface area (Å²) in [5.41, 5.74) is 0. The first-order valence-electron chi connectivity index (χ1n) is 9.09. The predicted octanol–water partition coefficient (Wildman–Crippen LogP) is 4.11. The summed E-state index contributed by atoms with van der Waals surface area (Å²) in [4.78, 5) is 10.5. The Kier molecular flexibility index (Phi) is 10.4. The van der Waals surface area contributed by atoms with Gasteiger partial charge in [0.15, 0.2) is 0 Å². The molecule has 136 valence electrons. The Balaban J connectivity index is 2.38. The molecule has 1 aliphatic rings. The number of unbranched alkanes of at least 4 members (excludes halogenated alkanes) is 1. The molecule has 1 aliphatic carbocycles. The molecule has 2 N–H and O–H groups in total. The molecule has 0 aromatic rings. The number of allylic oxidation sites excluding steroid dienone is 5. The molecule has 1 rings (SSSR count). The van der Waals surface area contributed by atoms with E-state index in [0.717, 1.165) is 25.7 Å². The van der Waals surface area contributed by atoms with Crippen LogP contribution in [0, 0.1) is 11.8 Å². The number of aliphatic hydroxyl groups excluding tert-OH is 1. The second-order valence-electron chi connectivity index (χ2n) is 6.27. The van der Waals surface area contributed by atoms with E-state index < -0.39 is 12.1 Å². The van der Waals surface area contributed by atoms with Gasteiger partial charge < -0.3 is 14.9 Å². The number of hydrogen-bond donors (Lipinski definition) is 2. The highest BCUT2D eigenvalue weighted by Crippen LogP contribution is 2.30. The van der Waals surface area contributed by atoms with Gasteiger partial charge in [-0.15, -0.1) is 0 Å². The average Bonchev–Trinajstić information content (AvgIpc) is 3.00. The van der Waals surface area contributed by atoms with Crippen molar-refractivity contribution in [1.29, 1.82) is 0 Å². The van der Waals surface area contributed by atoms with Crippen LogP contribution in [0.4, 0.5) is 0 Å². The highest BCUT2D eigenvalue weighted by atomic mass is 16.5. The number of carbonyl (C=O) groups is 1. The maximum Gasteiger partial charge on any atom is 0.303 e. The Morgan fingerprint density at radius 2 is 2.17 bits per heavy atom. The molecule has 0 heterocycles. The number of carboxylic acid groups (broad SMARTS) is 1. The maximum atomic E-state index is 10.5. The van der Waals surface area contributed by atoms with E-state index in [1.807, 2.05) is 19.9 Å². The summed E-state index contributed by atoms with van der Waals surface area (Å²) < 4.78 is 5.54. The van der Waals surface area contributed by atoms with Crippen LogP contribution in [0.1, 0.15) is 52.4 Å². The third kappa shape index (κ3) is 7.93. The van der Waals surface area contributed by atoms with Crippen molar-refractivity contribution >= 4 is 5.97 Å². The van der Waals surface area contributed by atoms with Crippen molar-refractivity contribution in [2.24, 2.45) is 11.8 Å². The van der Waals surface area contributed by atoms with Gasteiger partial charge in [-0.2, -0.15) is 0 Å². The summed E-state index contributed by atoms with van der Waals surface area (Å²) in [6.07, 6.45) is 16.5. The largest absolute Gasteiger partial charge is 0.481 e. The molecule has 0 aromatic carbocycles. The van der Waals surface area contributed by atoms with E-state index in [0.29, 0.717) is 24.9 Å². The van der Waals surface area contributed by atoms with Gasteiger partial charge in [0.25, 0.3) is 0 Å². The smallest absolute Gasteiger partial charge is 0.303 e. The minimum atomic E-state index is -0.732. The van der Waals surface area contributed by atoms with Gasteiger partial charge in [-0.25, -0.2) is 0 Å². The molecule has 0 amide bonds. The summed E-state index contributed by atoms with van der Waals surface area (Å²) in [5, 5.41) is 18.8. The molecular weight excluding hydrogens is 304 g/mol. The van der Waals surface area contributed by atoms with Crippen LogP contribution in [0.15, 0.2) is 36.5 Å². The molecule has 2 unspecified atom stereocenters. The fourth-order valence-electron chi connectivity index (χ4n) is 3.00. The molecule has 4 heteroatoms. The normalized spacial score (nSPS) is 23.3. The van der Waals surface area contributed by atoms with Crippen molar-refractivity contribution in [1.82, 2.24) is 0 Å². The summed E-state index contributed by atoms with van der Waals surface area (Å²) in [6, 6.07) is 0. The number of ether oxygens (including phenoxy) is 1. The fraction of sp³-hybridized carbons (Fsp3) is 0.650. The average molecular weight is 336 g/mol. The highest BCUT2D eigenvalue weighted by Gasteiger charge is 2.20. The van der Waals surface area contributed by atoms with E-state index in [1.54, 1.807) is 0 Å². The molecule has 24 heavy (non-hydrogen) atoms. The van der Waals surface area contributed by atoms with Crippen LogP contribution in [0.3, 0.4) is 0 Å². The zero-order valence-electron chi connectivity index (χ0n) is 14.9. The predicted molar refractivity (Wildman–Crippen MR) is 96.8 cm³/mol. The Bertz CT molecular complexity index is 439. The number of hydrogen-bond acceptors (Lipinski definition) is 3. The van der Waals surface area contributed by atoms with Crippen LogP contribution >= 0.6 is 0 Å². The summed E-state index contributed by atoms with van der Waals surface area (Å²) in [6.45, 7) is 4.57. The molecule has 0 radical (unpaired) electrons. The Labute approximate surface area is 145 Å². The van der Waals surface area contributed by atoms with E-state index in [1.165, 1.54) is 0 Å². The Morgan fingerprint density at radius 3 is 2.83 bits per heavy atom. The van der Waals surface area contributed by atoms with Gasteiger partial charge in [0.1, 0.15) is 0 Å². The third-order valence-corrected chi connectivity index (χ3v) is 4.40. The topological polar surface area (TPSA) is 66.8 Å². The van der Waals surface area contributed by atoms with Crippen molar-refractivity contribution in [2.75, 3.05) is 6.61 Å². The molecule has 0 bridgehead atoms. The van der Waals surface area contributed by atoms with Crippen LogP contribution in [-0.2, 0) is 9.53 Å². The van der Waals surface area contributed by atoms with E-state index in [2.05, 4.69) is 30.4 Å². The van der Waals surface area contributed by atoms with Crippen molar-refractivity contribution in [3.63, 3.8) is 0 Å². The standard InChI is InChI=1S/C20H32O4/c1-3-19(24-4-2)18(21)15-14-17-12-9-11-16(17)10-7-5-6-8-13-20(22)23/h5,7,9,12,14-19,21H,3-4,6,8,10-11,13H2,1-2H3,(H,22,23)/b7-5-,15-14?/t16-,17+,18?,19?/m0/s1. The fourth-order valence-corrected chi connectivity index (χ4v) is 3.00. The van der Waals surface area contributed by atoms with Gasteiger partial charge in [0.2, 0.25) is 0 Å². The first kappa shape index (κ1) is 20.7. The van der Waals surface area contributed by atoms with E-state index >= 15 is 0 Å². The molecule has 4 atom stereocenters. The van der Waals surface area contributed by atoms with Crippen LogP contribution in [-0.4, -0.2) is 35.0 Å². The lowest BCUT2D eigenvalue weighted by molar-refractivity contribution is -0.137. The maximum absolute atomic E-state index is 10.5. The van der Waals surface area contributed by atoms with Crippen LogP contribution in [0.5, 0.6) is 0 Å². The third-order valence-electron chi connectivity index (χ3n) is 4.40. The first-order valence-corrected chi connectivity index (χ1v) is 9.09. The van der Waals surface area contributed by atoms with E-state index in [9.17, 15) is 9.90 Å². The Morgan fingerprint density at radius 1 is 1.38 bits per heavy atom. The molecule has 0 saturated heterocycles. The van der Waals surface area contributed by atoms with Crippen molar-refractivity contribution in [3.05, 3.63) is 36.5 Å². The lowest BCUT2D eigenvalue weighted by Crippen LogP contribution is -2.26. The molecule has 0 aliphatic heterocycles. The summed E-state index contributed by atoms with van der Waals surface area (Å²) in [7, 11) is 0. The first-order chi connectivity index (χ1) is 11.6. The van der Waals surface area contributed by atoms with Crippen molar-refractivity contribution < 1.29 is 19.7 Å². The van der Waals surface area contributed by atoms with Crippen LogP contribution in [0.2, 0.25) is 0 Å². The van der Waals surface area contributed by atoms with Gasteiger partial charge in [-0.3, -0.25) is 4.79 Å². The lowest BCUT2D eigenvalue weighted by Gasteiger charge is -2.20. The number of rotatable bonds is 12. The minimum Gasteiger partial charge on any atom is -0.481 e. The number of aliphatic carboxylic acids is 1. The second-order valence-corrected chi connectivity index (χ2v) is 6.27. The highest BCUT2D eigenvalue weighted by molar-refractivity contribution is 5.66. The van der Waals surface area contributed by atoms with Gasteiger partial charge in [-0.1, -0.05) is 43.4 Å². The second kappa shape index (κ2) is 12.0. The van der Waals surface area contributed by atoms with Gasteiger partial charge in [-0.05, 0) is 50.9 Å². The lowest BCUT2D eigenvalue weighted by atomic mass is 9.91. The molecule has 0 spiro atoms. The summed E-state index contributed by atoms with van der Waals surface area (Å²) in [5.74, 6) is 0.142. The SMILES string of the molecule is CCOC(CC)C(O)C=C[C@H]1C=CC[C@@H]1C/C=C\CCCC(=O)O. The zero-order chi connectivity index (χ0) is 17.8. The molecular formula is C20H32O4. The monoisotopic (exact) mass is 336 g/mol. The van der Waals surface area contributed by atoms with E-state index in [4.69, 9.17) is 9.84 Å². The summed E-state index contributed by atoms with van der Waals surface area (Å²) >= 11 is 0. The molecule has 0 aromatic heterocycles. The van der Waals surface area contributed by atoms with E-state index in [-0.39, 0.29) is 12.5 Å². The molecule has 0 saturated carbocycles. The quantitative estimate of drug-likeness (QED) is 0.416. The van der Waals surface area contributed by atoms with Crippen LogP contribution < -0.4 is 0 Å². The van der Waals surface area contributed by atoms with Crippen LogP contribution in [0.25, 0.3) is 0 Å².